The highest BCUT2D eigenvalue weighted by Gasteiger charge is 2.61. The molecule has 0 atom stereocenters. The molecular formula is C31H22F6N4O2. The summed E-state index contributed by atoms with van der Waals surface area (Å²) in [5.74, 6) is -1.33. The molecule has 1 heterocycles. The van der Waals surface area contributed by atoms with Crippen LogP contribution in [0.15, 0.2) is 97.3 Å². The Bertz CT molecular complexity index is 1770. The number of amides is 1. The Morgan fingerprint density at radius 2 is 1.53 bits per heavy atom. The van der Waals surface area contributed by atoms with Crippen LogP contribution in [0.4, 0.5) is 32.0 Å². The first-order valence-electron chi connectivity index (χ1n) is 12.7. The maximum atomic E-state index is 14.5. The van der Waals surface area contributed by atoms with Crippen LogP contribution in [0, 0.1) is 12.7 Å². The topological polar surface area (TPSA) is 60.2 Å². The van der Waals surface area contributed by atoms with Gasteiger partial charge < -0.3 is 9.64 Å². The molecule has 5 rings (SSSR count). The highest BCUT2D eigenvalue weighted by atomic mass is 19.4. The van der Waals surface area contributed by atoms with E-state index in [9.17, 15) is 31.1 Å². The Labute approximate surface area is 241 Å². The number of nitrogens with zero attached hydrogens (tertiary/aromatic N) is 4. The summed E-state index contributed by atoms with van der Waals surface area (Å²) in [4.78, 5) is 18.9. The van der Waals surface area contributed by atoms with Crippen LogP contribution < -0.4 is 9.64 Å². The van der Waals surface area contributed by atoms with Crippen molar-refractivity contribution in [3.8, 4) is 34.0 Å². The van der Waals surface area contributed by atoms with Crippen LogP contribution in [0.3, 0.4) is 0 Å². The minimum absolute atomic E-state index is 0.184. The van der Waals surface area contributed by atoms with Gasteiger partial charge in [-0.15, -0.1) is 5.10 Å². The summed E-state index contributed by atoms with van der Waals surface area (Å²) in [5, 5.41) is 4.32. The maximum Gasteiger partial charge on any atom is 0.499 e. The summed E-state index contributed by atoms with van der Waals surface area (Å²) < 4.78 is 83.0. The molecule has 4 aromatic carbocycles. The van der Waals surface area contributed by atoms with E-state index in [4.69, 9.17) is 0 Å². The van der Waals surface area contributed by atoms with Crippen LogP contribution in [-0.4, -0.2) is 40.0 Å². The van der Waals surface area contributed by atoms with Gasteiger partial charge >= 0.3 is 12.3 Å². The normalized spacial score (nSPS) is 11.8. The molecule has 1 aromatic heterocycles. The molecule has 0 bridgehead atoms. The SMILES string of the molecule is Cc1ccccc1-c1cc(F)cc(C(=O)N(C)c2ccc(-c3ncn(-c4ccc(OC(F)(F)C(F)(F)F)cc4)n3)cc2)c1. The van der Waals surface area contributed by atoms with Gasteiger partial charge in [-0.2, -0.15) is 22.0 Å². The monoisotopic (exact) mass is 596 g/mol. The Kier molecular flexibility index (Phi) is 7.70. The Morgan fingerprint density at radius 3 is 2.19 bits per heavy atom. The van der Waals surface area contributed by atoms with Gasteiger partial charge in [0.2, 0.25) is 0 Å². The van der Waals surface area contributed by atoms with Crippen LogP contribution in [0.5, 0.6) is 5.75 Å². The predicted octanol–water partition coefficient (Wildman–Crippen LogP) is 7.86. The number of aromatic nitrogens is 3. The molecule has 12 heteroatoms. The van der Waals surface area contributed by atoms with E-state index < -0.39 is 29.8 Å². The van der Waals surface area contributed by atoms with E-state index in [0.717, 1.165) is 23.3 Å². The van der Waals surface area contributed by atoms with E-state index in [1.54, 1.807) is 37.4 Å². The number of alkyl halides is 5. The first kappa shape index (κ1) is 29.4. The highest BCUT2D eigenvalue weighted by Crippen LogP contribution is 2.37. The number of carbonyl (C=O) groups excluding carboxylic acids is 1. The Balaban J connectivity index is 1.30. The summed E-state index contributed by atoms with van der Waals surface area (Å²) >= 11 is 0. The first-order valence-corrected chi connectivity index (χ1v) is 12.7. The minimum Gasteiger partial charge on any atom is -0.426 e. The number of anilines is 1. The smallest absolute Gasteiger partial charge is 0.426 e. The van der Waals surface area contributed by atoms with E-state index in [0.29, 0.717) is 22.5 Å². The Hall–Kier alpha value is -5.13. The molecule has 43 heavy (non-hydrogen) atoms. The molecular weight excluding hydrogens is 574 g/mol. The molecule has 0 fully saturated rings. The average Bonchev–Trinajstić information content (AvgIpc) is 3.46. The first-order chi connectivity index (χ1) is 20.3. The van der Waals surface area contributed by atoms with E-state index in [1.165, 1.54) is 40.2 Å². The second kappa shape index (κ2) is 11.3. The van der Waals surface area contributed by atoms with Crippen molar-refractivity contribution in [2.75, 3.05) is 11.9 Å². The van der Waals surface area contributed by atoms with Crippen molar-refractivity contribution in [1.29, 1.82) is 0 Å². The minimum atomic E-state index is -5.85. The molecule has 6 nitrogen and oxygen atoms in total. The maximum absolute atomic E-state index is 14.5. The molecule has 1 amide bonds. The molecule has 0 saturated heterocycles. The lowest BCUT2D eigenvalue weighted by Gasteiger charge is -2.20. The lowest BCUT2D eigenvalue weighted by Crippen LogP contribution is -2.41. The molecule has 0 aliphatic rings. The van der Waals surface area contributed by atoms with E-state index in [1.807, 2.05) is 31.2 Å². The highest BCUT2D eigenvalue weighted by molar-refractivity contribution is 6.06. The molecule has 220 valence electrons. The molecule has 0 saturated carbocycles. The third kappa shape index (κ3) is 6.22. The molecule has 0 spiro atoms. The second-order valence-corrected chi connectivity index (χ2v) is 9.58. The quantitative estimate of drug-likeness (QED) is 0.180. The molecule has 0 aliphatic heterocycles. The zero-order chi connectivity index (χ0) is 30.9. The number of halogens is 6. The molecule has 5 aromatic rings. The van der Waals surface area contributed by atoms with E-state index >= 15 is 0 Å². The van der Waals surface area contributed by atoms with Gasteiger partial charge in [0.05, 0.1) is 5.69 Å². The van der Waals surface area contributed by atoms with Crippen molar-refractivity contribution >= 4 is 11.6 Å². The van der Waals surface area contributed by atoms with Crippen molar-refractivity contribution in [1.82, 2.24) is 14.8 Å². The summed E-state index contributed by atoms with van der Waals surface area (Å²) in [6.07, 6.45) is -9.84. The lowest BCUT2D eigenvalue weighted by atomic mass is 9.98. The van der Waals surface area contributed by atoms with Crippen LogP contribution in [-0.2, 0) is 0 Å². The van der Waals surface area contributed by atoms with Gasteiger partial charge in [0, 0.05) is 23.9 Å². The van der Waals surface area contributed by atoms with Crippen LogP contribution in [0.1, 0.15) is 15.9 Å². The number of hydrogen-bond acceptors (Lipinski definition) is 4. The molecule has 0 N–H and O–H groups in total. The van der Waals surface area contributed by atoms with Gasteiger partial charge in [-0.05, 0) is 90.3 Å². The number of benzene rings is 4. The second-order valence-electron chi connectivity index (χ2n) is 9.58. The van der Waals surface area contributed by atoms with E-state index in [2.05, 4.69) is 14.8 Å². The van der Waals surface area contributed by atoms with Crippen molar-refractivity contribution in [3.63, 3.8) is 0 Å². The van der Waals surface area contributed by atoms with Crippen LogP contribution in [0.25, 0.3) is 28.2 Å². The lowest BCUT2D eigenvalue weighted by molar-refractivity contribution is -0.360. The Morgan fingerprint density at radius 1 is 0.860 bits per heavy atom. The van der Waals surface area contributed by atoms with Crippen molar-refractivity contribution in [2.24, 2.45) is 0 Å². The average molecular weight is 597 g/mol. The van der Waals surface area contributed by atoms with Crippen LogP contribution in [0.2, 0.25) is 0 Å². The summed E-state index contributed by atoms with van der Waals surface area (Å²) in [5.41, 5.74) is 3.99. The van der Waals surface area contributed by atoms with Crippen molar-refractivity contribution < 1.29 is 35.9 Å². The number of ether oxygens (including phenoxy) is 1. The fourth-order valence-electron chi connectivity index (χ4n) is 4.30. The van der Waals surface area contributed by atoms with E-state index in [-0.39, 0.29) is 11.4 Å². The van der Waals surface area contributed by atoms with Gasteiger partial charge in [-0.25, -0.2) is 14.1 Å². The standard InChI is InChI=1S/C31H22F6N4O2/c1-19-5-3-4-6-27(19)21-15-22(17-23(32)16-21)29(42)40(2)24-9-7-20(8-10-24)28-38-18-41(39-28)25-11-13-26(14-12-25)43-31(36,37)30(33,34)35/h3-18H,1-2H3. The number of rotatable bonds is 7. The largest absolute Gasteiger partial charge is 0.499 e. The molecule has 0 unspecified atom stereocenters. The zero-order valence-corrected chi connectivity index (χ0v) is 22.6. The molecule has 0 radical (unpaired) electrons. The summed E-state index contributed by atoms with van der Waals surface area (Å²) in [6.45, 7) is 1.91. The third-order valence-corrected chi connectivity index (χ3v) is 6.59. The fourth-order valence-corrected chi connectivity index (χ4v) is 4.30. The third-order valence-electron chi connectivity index (χ3n) is 6.59. The number of aryl methyl sites for hydroxylation is 1. The van der Waals surface area contributed by atoms with Gasteiger partial charge in [0.1, 0.15) is 17.9 Å². The summed E-state index contributed by atoms with van der Waals surface area (Å²) in [6, 6.07) is 22.8. The predicted molar refractivity (Wildman–Crippen MR) is 148 cm³/mol. The fraction of sp³-hybridized carbons (Fsp3) is 0.129. The van der Waals surface area contributed by atoms with Crippen molar-refractivity contribution in [2.45, 2.75) is 19.2 Å². The zero-order valence-electron chi connectivity index (χ0n) is 22.6. The summed E-state index contributed by atoms with van der Waals surface area (Å²) in [7, 11) is 1.57. The number of carbonyl (C=O) groups is 1. The number of hydrogen-bond donors (Lipinski definition) is 0. The van der Waals surface area contributed by atoms with Gasteiger partial charge in [0.15, 0.2) is 5.82 Å². The van der Waals surface area contributed by atoms with Gasteiger partial charge in [-0.3, -0.25) is 4.79 Å². The van der Waals surface area contributed by atoms with Gasteiger partial charge in [0.25, 0.3) is 5.91 Å². The van der Waals surface area contributed by atoms with Crippen LogP contribution >= 0.6 is 0 Å². The van der Waals surface area contributed by atoms with Crippen molar-refractivity contribution in [3.05, 3.63) is 114 Å². The van der Waals surface area contributed by atoms with Gasteiger partial charge in [-0.1, -0.05) is 24.3 Å². The molecule has 0 aliphatic carbocycles.